The molecule has 0 spiro atoms. The number of nitriles is 1. The van der Waals surface area contributed by atoms with Gasteiger partial charge in [0.1, 0.15) is 0 Å². The van der Waals surface area contributed by atoms with E-state index in [1.165, 1.54) is 0 Å². The Balaban J connectivity index is 1.73. The zero-order valence-electron chi connectivity index (χ0n) is 18.2. The van der Waals surface area contributed by atoms with Gasteiger partial charge in [0.15, 0.2) is 0 Å². The predicted molar refractivity (Wildman–Crippen MR) is 121 cm³/mol. The van der Waals surface area contributed by atoms with Gasteiger partial charge in [-0.1, -0.05) is 32.4 Å². The molecule has 2 aromatic carbocycles. The van der Waals surface area contributed by atoms with Crippen molar-refractivity contribution in [1.29, 1.82) is 5.26 Å². The number of nitrogens with zero attached hydrogens (tertiary/aromatic N) is 2. The summed E-state index contributed by atoms with van der Waals surface area (Å²) in [6, 6.07) is 16.4. The van der Waals surface area contributed by atoms with E-state index in [1.54, 1.807) is 29.2 Å². The number of carbonyl (C=O) groups is 2. The quantitative estimate of drug-likeness (QED) is 0.678. The molecule has 0 heterocycles. The molecule has 2 aromatic rings. The fraction of sp³-hybridized carbons (Fsp3) is 0.400. The molecule has 3 rings (SSSR count). The van der Waals surface area contributed by atoms with Gasteiger partial charge in [-0.2, -0.15) is 5.26 Å². The average Bonchev–Trinajstić information content (AvgIpc) is 2.72. The Morgan fingerprint density at radius 1 is 1.13 bits per heavy atom. The van der Waals surface area contributed by atoms with Gasteiger partial charge in [0.2, 0.25) is 5.91 Å². The second-order valence-corrected chi connectivity index (χ2v) is 9.03. The third-order valence-corrected chi connectivity index (χ3v) is 5.79. The summed E-state index contributed by atoms with van der Waals surface area (Å²) in [5.74, 6) is 0.119. The summed E-state index contributed by atoms with van der Waals surface area (Å²) in [7, 11) is 0. The number of benzene rings is 2. The molecule has 0 atom stereocenters. The predicted octanol–water partition coefficient (Wildman–Crippen LogP) is 3.92. The van der Waals surface area contributed by atoms with Crippen LogP contribution in [-0.4, -0.2) is 29.8 Å². The molecule has 31 heavy (non-hydrogen) atoms. The van der Waals surface area contributed by atoms with E-state index < -0.39 is 0 Å². The van der Waals surface area contributed by atoms with Crippen LogP contribution in [0.4, 0.5) is 5.69 Å². The maximum Gasteiger partial charge on any atom is 0.254 e. The van der Waals surface area contributed by atoms with E-state index in [9.17, 15) is 9.59 Å². The molecular weight excluding hydrogens is 388 g/mol. The first-order valence-electron chi connectivity index (χ1n) is 10.7. The molecule has 3 N–H and O–H groups in total. The Morgan fingerprint density at radius 2 is 1.77 bits per heavy atom. The first-order chi connectivity index (χ1) is 14.8. The van der Waals surface area contributed by atoms with Gasteiger partial charge < -0.3 is 16.0 Å². The van der Waals surface area contributed by atoms with Crippen LogP contribution in [0.5, 0.6) is 0 Å². The first-order valence-corrected chi connectivity index (χ1v) is 10.7. The zero-order chi connectivity index (χ0) is 22.4. The standard InChI is InChI=1S/C25H30N4O2/c1-25(2,16-27)17-29(24(31)21-10-6-18(14-26)7-11-21)15-19-8-12-22(13-9-19)28-23(30)20-4-3-5-20/h6-13,20H,3-5,15-17,27H2,1-2H3,(H,28,30). The third-order valence-electron chi connectivity index (χ3n) is 5.79. The molecule has 0 unspecified atom stereocenters. The molecule has 0 aliphatic heterocycles. The molecule has 0 saturated heterocycles. The Kier molecular flexibility index (Phi) is 7.09. The van der Waals surface area contributed by atoms with Crippen molar-refractivity contribution in [2.45, 2.75) is 39.7 Å². The van der Waals surface area contributed by atoms with E-state index in [1.807, 2.05) is 38.1 Å². The van der Waals surface area contributed by atoms with Gasteiger partial charge in [-0.05, 0) is 66.8 Å². The van der Waals surface area contributed by atoms with Crippen LogP contribution in [0.3, 0.4) is 0 Å². The van der Waals surface area contributed by atoms with Gasteiger partial charge in [0.25, 0.3) is 5.91 Å². The van der Waals surface area contributed by atoms with E-state index in [0.29, 0.717) is 30.8 Å². The van der Waals surface area contributed by atoms with Gasteiger partial charge in [-0.3, -0.25) is 9.59 Å². The molecule has 0 aromatic heterocycles. The average molecular weight is 419 g/mol. The second kappa shape index (κ2) is 9.76. The molecule has 1 fully saturated rings. The molecule has 2 amide bonds. The third kappa shape index (κ3) is 5.93. The smallest absolute Gasteiger partial charge is 0.254 e. The molecule has 1 aliphatic carbocycles. The Labute approximate surface area is 184 Å². The van der Waals surface area contributed by atoms with Gasteiger partial charge in [-0.15, -0.1) is 0 Å². The van der Waals surface area contributed by atoms with Crippen LogP contribution in [0.2, 0.25) is 0 Å². The molecule has 0 bridgehead atoms. The van der Waals surface area contributed by atoms with Crippen LogP contribution >= 0.6 is 0 Å². The van der Waals surface area contributed by atoms with Gasteiger partial charge in [0.05, 0.1) is 11.6 Å². The van der Waals surface area contributed by atoms with Crippen molar-refractivity contribution in [3.8, 4) is 6.07 Å². The minimum Gasteiger partial charge on any atom is -0.334 e. The van der Waals surface area contributed by atoms with Crippen LogP contribution in [0, 0.1) is 22.7 Å². The van der Waals surface area contributed by atoms with Crippen LogP contribution in [0.15, 0.2) is 48.5 Å². The Hall–Kier alpha value is -3.17. The summed E-state index contributed by atoms with van der Waals surface area (Å²) in [5, 5.41) is 12.0. The molecule has 1 saturated carbocycles. The van der Waals surface area contributed by atoms with Crippen molar-refractivity contribution >= 4 is 17.5 Å². The summed E-state index contributed by atoms with van der Waals surface area (Å²) in [4.78, 5) is 27.1. The lowest BCUT2D eigenvalue weighted by Gasteiger charge is -2.32. The van der Waals surface area contributed by atoms with Crippen LogP contribution in [0.1, 0.15) is 54.6 Å². The summed E-state index contributed by atoms with van der Waals surface area (Å²) in [6.45, 7) is 5.45. The minimum absolute atomic E-state index is 0.0846. The summed E-state index contributed by atoms with van der Waals surface area (Å²) in [6.07, 6.45) is 3.06. The van der Waals surface area contributed by atoms with E-state index in [4.69, 9.17) is 11.0 Å². The van der Waals surface area contributed by atoms with Gasteiger partial charge in [-0.25, -0.2) is 0 Å². The minimum atomic E-state index is -0.237. The number of anilines is 1. The SMILES string of the molecule is CC(C)(CN)CN(Cc1ccc(NC(=O)C2CCC2)cc1)C(=O)c1ccc(C#N)cc1. The van der Waals surface area contributed by atoms with Crippen molar-refractivity contribution in [2.75, 3.05) is 18.4 Å². The van der Waals surface area contributed by atoms with Crippen molar-refractivity contribution in [1.82, 2.24) is 4.90 Å². The normalized spacial score (nSPS) is 13.7. The lowest BCUT2D eigenvalue weighted by atomic mass is 9.85. The van der Waals surface area contributed by atoms with Crippen molar-refractivity contribution in [3.63, 3.8) is 0 Å². The topological polar surface area (TPSA) is 99.2 Å². The highest BCUT2D eigenvalue weighted by Gasteiger charge is 2.26. The molecule has 6 nitrogen and oxygen atoms in total. The van der Waals surface area contributed by atoms with E-state index in [2.05, 4.69) is 11.4 Å². The van der Waals surface area contributed by atoms with Crippen molar-refractivity contribution in [3.05, 3.63) is 65.2 Å². The molecule has 6 heteroatoms. The maximum atomic E-state index is 13.2. The fourth-order valence-electron chi connectivity index (χ4n) is 3.48. The van der Waals surface area contributed by atoms with Gasteiger partial charge >= 0.3 is 0 Å². The summed E-state index contributed by atoms with van der Waals surface area (Å²) in [5.41, 5.74) is 8.48. The molecule has 162 valence electrons. The molecule has 0 radical (unpaired) electrons. The number of rotatable bonds is 8. The highest BCUT2D eigenvalue weighted by Crippen LogP contribution is 2.27. The Bertz CT molecular complexity index is 955. The lowest BCUT2D eigenvalue weighted by Crippen LogP contribution is -2.41. The van der Waals surface area contributed by atoms with E-state index in [-0.39, 0.29) is 23.1 Å². The second-order valence-electron chi connectivity index (χ2n) is 9.03. The fourth-order valence-corrected chi connectivity index (χ4v) is 3.48. The largest absolute Gasteiger partial charge is 0.334 e. The van der Waals surface area contributed by atoms with E-state index >= 15 is 0 Å². The zero-order valence-corrected chi connectivity index (χ0v) is 18.2. The van der Waals surface area contributed by atoms with Crippen LogP contribution in [0.25, 0.3) is 0 Å². The molecule has 1 aliphatic rings. The summed E-state index contributed by atoms with van der Waals surface area (Å²) < 4.78 is 0. The maximum absolute atomic E-state index is 13.2. The number of hydrogen-bond donors (Lipinski definition) is 2. The first kappa shape index (κ1) is 22.5. The summed E-state index contributed by atoms with van der Waals surface area (Å²) >= 11 is 0. The number of hydrogen-bond acceptors (Lipinski definition) is 4. The van der Waals surface area contributed by atoms with E-state index in [0.717, 1.165) is 30.5 Å². The number of nitrogens with two attached hydrogens (primary N) is 1. The monoisotopic (exact) mass is 418 g/mol. The number of carbonyl (C=O) groups excluding carboxylic acids is 2. The Morgan fingerprint density at radius 3 is 2.29 bits per heavy atom. The molecular formula is C25H30N4O2. The highest BCUT2D eigenvalue weighted by atomic mass is 16.2. The lowest BCUT2D eigenvalue weighted by molar-refractivity contribution is -0.122. The van der Waals surface area contributed by atoms with Crippen molar-refractivity contribution < 1.29 is 9.59 Å². The number of amides is 2. The number of nitrogens with one attached hydrogen (secondary N) is 1. The van der Waals surface area contributed by atoms with Crippen LogP contribution in [-0.2, 0) is 11.3 Å². The van der Waals surface area contributed by atoms with Gasteiger partial charge in [0, 0.05) is 30.3 Å². The van der Waals surface area contributed by atoms with Crippen molar-refractivity contribution in [2.24, 2.45) is 17.1 Å². The highest BCUT2D eigenvalue weighted by molar-refractivity contribution is 5.94. The van der Waals surface area contributed by atoms with Crippen LogP contribution < -0.4 is 11.1 Å².